The highest BCUT2D eigenvalue weighted by molar-refractivity contribution is 8.04. The van der Waals surface area contributed by atoms with Gasteiger partial charge in [0.05, 0.1) is 30.7 Å². The second-order valence-corrected chi connectivity index (χ2v) is 13.0. The Kier molecular flexibility index (Phi) is 9.89. The lowest BCUT2D eigenvalue weighted by molar-refractivity contribution is -0.282. The van der Waals surface area contributed by atoms with Gasteiger partial charge >= 0.3 is 0 Å². The predicted octanol–water partition coefficient (Wildman–Crippen LogP) is 6.63. The topological polar surface area (TPSA) is 85.3 Å². The first-order chi connectivity index (χ1) is 18.3. The van der Waals surface area contributed by atoms with Gasteiger partial charge in [0.2, 0.25) is 0 Å². The first-order valence-electron chi connectivity index (χ1n) is 12.7. The van der Waals surface area contributed by atoms with E-state index in [0.717, 1.165) is 39.8 Å². The van der Waals surface area contributed by atoms with E-state index in [1.807, 2.05) is 23.9 Å². The quantitative estimate of drug-likeness (QED) is 0.167. The van der Waals surface area contributed by atoms with Crippen molar-refractivity contribution >= 4 is 39.3 Å². The molecule has 10 heteroatoms. The van der Waals surface area contributed by atoms with Gasteiger partial charge in [0.15, 0.2) is 0 Å². The summed E-state index contributed by atoms with van der Waals surface area (Å²) in [6.07, 6.45) is 13.2. The van der Waals surface area contributed by atoms with E-state index in [2.05, 4.69) is 55.2 Å². The van der Waals surface area contributed by atoms with E-state index < -0.39 is 10.1 Å². The molecule has 1 N–H and O–H groups in total. The van der Waals surface area contributed by atoms with Crippen molar-refractivity contribution in [2.24, 2.45) is 5.92 Å². The average molecular weight is 578 g/mol. The van der Waals surface area contributed by atoms with E-state index >= 15 is 0 Å². The summed E-state index contributed by atoms with van der Waals surface area (Å²) in [6.45, 7) is 5.14. The molecule has 0 spiro atoms. The van der Waals surface area contributed by atoms with E-state index in [1.54, 1.807) is 18.9 Å². The highest BCUT2D eigenvalue weighted by Crippen LogP contribution is 2.49. The predicted molar refractivity (Wildman–Crippen MR) is 155 cm³/mol. The number of methoxy groups -OCH3 is 1. The van der Waals surface area contributed by atoms with Gasteiger partial charge in [0, 0.05) is 27.5 Å². The summed E-state index contributed by atoms with van der Waals surface area (Å²) in [7, 11) is -0.841. The highest BCUT2D eigenvalue weighted by Gasteiger charge is 2.33. The summed E-state index contributed by atoms with van der Waals surface area (Å²) in [4.78, 5) is 14.4. The second-order valence-electron chi connectivity index (χ2n) is 9.16. The van der Waals surface area contributed by atoms with Crippen molar-refractivity contribution in [3.63, 3.8) is 0 Å². The van der Waals surface area contributed by atoms with Crippen LogP contribution in [-0.4, -0.2) is 44.7 Å². The number of ether oxygens (including phenoxy) is 1. The molecule has 2 atom stereocenters. The lowest BCUT2D eigenvalue weighted by Crippen LogP contribution is -2.22. The van der Waals surface area contributed by atoms with E-state index in [-0.39, 0.29) is 5.75 Å². The monoisotopic (exact) mass is 577 g/mol. The summed E-state index contributed by atoms with van der Waals surface area (Å²) in [5.41, 5.74) is 4.59. The number of allylic oxidation sites excluding steroid dienone is 6. The Labute approximate surface area is 234 Å². The van der Waals surface area contributed by atoms with Crippen LogP contribution in [0.5, 0.6) is 0 Å². The van der Waals surface area contributed by atoms with Crippen LogP contribution in [0.2, 0.25) is 0 Å². The number of hydrogen-bond donors (Lipinski definition) is 1. The molecule has 1 aromatic rings. The normalized spacial score (nSPS) is 22.2. The van der Waals surface area contributed by atoms with E-state index in [4.69, 9.17) is 14.5 Å². The summed E-state index contributed by atoms with van der Waals surface area (Å²) < 4.78 is 37.5. The molecular formula is C28H35NO6S3. The van der Waals surface area contributed by atoms with E-state index in [9.17, 15) is 13.0 Å². The van der Waals surface area contributed by atoms with Gasteiger partial charge in [-0.05, 0) is 72.4 Å². The average Bonchev–Trinajstić information content (AvgIpc) is 3.42. The Hall–Kier alpha value is -1.95. The van der Waals surface area contributed by atoms with Crippen molar-refractivity contribution in [3.05, 3.63) is 81.0 Å². The molecule has 1 aliphatic carbocycles. The maximum atomic E-state index is 11.4. The Bertz CT molecular complexity index is 1300. The molecular weight excluding hydrogens is 543 g/mol. The minimum Gasteiger partial charge on any atom is -0.497 e. The third kappa shape index (κ3) is 6.97. The molecule has 38 heavy (non-hydrogen) atoms. The van der Waals surface area contributed by atoms with Gasteiger partial charge in [-0.2, -0.15) is 8.42 Å². The maximum Gasteiger partial charge on any atom is 0.264 e. The molecule has 2 heterocycles. The molecule has 4 rings (SSSR count). The zero-order valence-corrected chi connectivity index (χ0v) is 24.6. The van der Waals surface area contributed by atoms with Gasteiger partial charge < -0.3 is 9.64 Å². The summed E-state index contributed by atoms with van der Waals surface area (Å²) in [5.74, 6) is 0.977. The lowest BCUT2D eigenvalue weighted by Gasteiger charge is -2.21. The summed E-state index contributed by atoms with van der Waals surface area (Å²) in [5, 5.41) is 1.42. The second kappa shape index (κ2) is 12.9. The lowest BCUT2D eigenvalue weighted by atomic mass is 9.89. The van der Waals surface area contributed by atoms with Gasteiger partial charge in [0.25, 0.3) is 10.1 Å². The minimum atomic E-state index is -4.03. The molecule has 0 amide bonds. The number of anilines is 1. The first-order valence-corrected chi connectivity index (χ1v) is 16.0. The number of rotatable bonds is 12. The smallest absolute Gasteiger partial charge is 0.264 e. The minimum absolute atomic E-state index is 0.281. The van der Waals surface area contributed by atoms with Gasteiger partial charge in [-0.15, -0.1) is 11.8 Å². The molecule has 0 saturated heterocycles. The van der Waals surface area contributed by atoms with Crippen LogP contribution in [0.15, 0.2) is 80.3 Å². The SMILES string of the molecule is CCC1=C(/C=C(/C=C2\Sc3ccc(COOC)cc3N2CCCS(=O)(=O)O)CC)SC2C=CC(OC)=CC12. The zero-order valence-electron chi connectivity index (χ0n) is 22.2. The van der Waals surface area contributed by atoms with Crippen molar-refractivity contribution in [1.29, 1.82) is 0 Å². The van der Waals surface area contributed by atoms with Crippen LogP contribution in [-0.2, 0) is 31.2 Å². The molecule has 206 valence electrons. The fraction of sp³-hybridized carbons (Fsp3) is 0.429. The van der Waals surface area contributed by atoms with Crippen LogP contribution >= 0.6 is 23.5 Å². The molecule has 7 nitrogen and oxygen atoms in total. The van der Waals surface area contributed by atoms with Crippen LogP contribution in [0.3, 0.4) is 0 Å². The van der Waals surface area contributed by atoms with Crippen LogP contribution in [0.25, 0.3) is 0 Å². The number of fused-ring (bicyclic) bond motifs is 2. The van der Waals surface area contributed by atoms with Crippen LogP contribution in [0.4, 0.5) is 5.69 Å². The third-order valence-corrected chi connectivity index (χ3v) is 9.98. The Balaban J connectivity index is 1.65. The van der Waals surface area contributed by atoms with Gasteiger partial charge in [0.1, 0.15) is 12.4 Å². The highest BCUT2D eigenvalue weighted by atomic mass is 32.2. The Morgan fingerprint density at radius 3 is 2.74 bits per heavy atom. The summed E-state index contributed by atoms with van der Waals surface area (Å²) in [6, 6.07) is 6.11. The van der Waals surface area contributed by atoms with Crippen molar-refractivity contribution in [3.8, 4) is 0 Å². The van der Waals surface area contributed by atoms with E-state index in [1.165, 1.54) is 23.2 Å². The van der Waals surface area contributed by atoms with Crippen LogP contribution < -0.4 is 4.90 Å². The van der Waals surface area contributed by atoms with Crippen molar-refractivity contribution in [2.75, 3.05) is 31.4 Å². The summed E-state index contributed by atoms with van der Waals surface area (Å²) >= 11 is 3.57. The molecule has 0 radical (unpaired) electrons. The Morgan fingerprint density at radius 2 is 2.05 bits per heavy atom. The molecule has 0 bridgehead atoms. The fourth-order valence-electron chi connectivity index (χ4n) is 4.79. The molecule has 3 aliphatic rings. The standard InChI is InChI=1S/C28H35NO6S3/c1-5-19(15-27-22(6-2)23-17-21(33-3)9-11-25(23)36-27)16-28-29(12-7-13-38(30,31)32)24-14-20(18-35-34-4)8-10-26(24)37-28/h8-11,14-17,23,25H,5-7,12-13,18H2,1-4H3,(H,30,31,32)/b19-15+,28-16-. The molecule has 2 aliphatic heterocycles. The van der Waals surface area contributed by atoms with Crippen molar-refractivity contribution < 1.29 is 27.5 Å². The van der Waals surface area contributed by atoms with Crippen LogP contribution in [0, 0.1) is 5.92 Å². The molecule has 0 fully saturated rings. The van der Waals surface area contributed by atoms with Crippen molar-refractivity contribution in [2.45, 2.75) is 49.9 Å². The third-order valence-electron chi connectivity index (χ3n) is 6.70. The van der Waals surface area contributed by atoms with Crippen LogP contribution in [0.1, 0.15) is 38.7 Å². The van der Waals surface area contributed by atoms with E-state index in [0.29, 0.717) is 30.7 Å². The molecule has 0 aromatic heterocycles. The van der Waals surface area contributed by atoms with Crippen molar-refractivity contribution in [1.82, 2.24) is 0 Å². The zero-order chi connectivity index (χ0) is 27.3. The number of nitrogens with zero attached hydrogens (tertiary/aromatic N) is 1. The van der Waals surface area contributed by atoms with Gasteiger partial charge in [-0.3, -0.25) is 4.55 Å². The fourth-order valence-corrected chi connectivity index (χ4v) is 7.92. The Morgan fingerprint density at radius 1 is 1.24 bits per heavy atom. The van der Waals surface area contributed by atoms with Gasteiger partial charge in [-0.25, -0.2) is 9.78 Å². The van der Waals surface area contributed by atoms with Gasteiger partial charge in [-0.1, -0.05) is 37.8 Å². The number of thioether (sulfide) groups is 2. The number of hydrogen-bond acceptors (Lipinski definition) is 8. The first kappa shape index (κ1) is 29.0. The number of benzene rings is 1. The molecule has 0 saturated carbocycles. The molecule has 1 aromatic carbocycles. The largest absolute Gasteiger partial charge is 0.497 e. The maximum absolute atomic E-state index is 11.4. The molecule has 2 unspecified atom stereocenters.